The maximum absolute atomic E-state index is 12.3. The highest BCUT2D eigenvalue weighted by atomic mass is 16.1. The molecule has 0 bridgehead atoms. The van der Waals surface area contributed by atoms with E-state index in [1.807, 2.05) is 0 Å². The standard InChI is InChI=1S/C20H22N4O/c1-12-2-5-17-16(8-12)14(9-21-17)10-24-7-6-15-18(11-24)22-19(13-3-4-13)23-20(15)25/h2,5,8-9,13,21H,3-4,6-7,10-11H2,1H3,(H,22,23,25). The molecule has 2 aromatic heterocycles. The van der Waals surface area contributed by atoms with E-state index in [9.17, 15) is 4.79 Å². The molecule has 0 radical (unpaired) electrons. The van der Waals surface area contributed by atoms with E-state index in [4.69, 9.17) is 4.98 Å². The molecule has 2 N–H and O–H groups in total. The van der Waals surface area contributed by atoms with E-state index in [-0.39, 0.29) is 5.56 Å². The zero-order valence-electron chi connectivity index (χ0n) is 14.4. The van der Waals surface area contributed by atoms with Gasteiger partial charge < -0.3 is 9.97 Å². The molecule has 2 aliphatic rings. The molecule has 0 atom stereocenters. The molecule has 0 spiro atoms. The molecule has 0 unspecified atom stereocenters. The summed E-state index contributed by atoms with van der Waals surface area (Å²) < 4.78 is 0. The van der Waals surface area contributed by atoms with Gasteiger partial charge in [-0.3, -0.25) is 9.69 Å². The van der Waals surface area contributed by atoms with Crippen LogP contribution in [0.2, 0.25) is 0 Å². The summed E-state index contributed by atoms with van der Waals surface area (Å²) in [6.07, 6.45) is 5.20. The van der Waals surface area contributed by atoms with Crippen molar-refractivity contribution in [2.75, 3.05) is 6.54 Å². The molecule has 3 aromatic rings. The molecule has 1 aliphatic heterocycles. The lowest BCUT2D eigenvalue weighted by molar-refractivity contribution is 0.241. The summed E-state index contributed by atoms with van der Waals surface area (Å²) in [6, 6.07) is 6.52. The SMILES string of the molecule is Cc1ccc2[nH]cc(CN3CCc4c(nc(C5CC5)[nH]c4=O)C3)c2c1. The summed E-state index contributed by atoms with van der Waals surface area (Å²) in [5.41, 5.74) is 5.72. The van der Waals surface area contributed by atoms with E-state index in [2.05, 4.69) is 46.2 Å². The second kappa shape index (κ2) is 5.56. The quantitative estimate of drug-likeness (QED) is 0.774. The van der Waals surface area contributed by atoms with Crippen LogP contribution in [0.25, 0.3) is 10.9 Å². The number of hydrogen-bond acceptors (Lipinski definition) is 3. The highest BCUT2D eigenvalue weighted by Gasteiger charge is 2.29. The van der Waals surface area contributed by atoms with Gasteiger partial charge in [0, 0.05) is 48.2 Å². The molecule has 5 rings (SSSR count). The third-order valence-electron chi connectivity index (χ3n) is 5.45. The van der Waals surface area contributed by atoms with Gasteiger partial charge in [-0.2, -0.15) is 0 Å². The number of nitrogens with zero attached hydrogens (tertiary/aromatic N) is 2. The summed E-state index contributed by atoms with van der Waals surface area (Å²) in [5.74, 6) is 1.37. The van der Waals surface area contributed by atoms with Gasteiger partial charge in [0.25, 0.3) is 5.56 Å². The Morgan fingerprint density at radius 2 is 2.20 bits per heavy atom. The summed E-state index contributed by atoms with van der Waals surface area (Å²) in [6.45, 7) is 4.68. The number of benzene rings is 1. The molecular formula is C20H22N4O. The molecule has 5 nitrogen and oxygen atoms in total. The molecule has 3 heterocycles. The first-order chi connectivity index (χ1) is 12.2. The fourth-order valence-corrected chi connectivity index (χ4v) is 3.86. The van der Waals surface area contributed by atoms with Crippen LogP contribution in [-0.4, -0.2) is 26.4 Å². The van der Waals surface area contributed by atoms with Crippen molar-refractivity contribution < 1.29 is 0 Å². The topological polar surface area (TPSA) is 64.8 Å². The Morgan fingerprint density at radius 3 is 3.04 bits per heavy atom. The zero-order chi connectivity index (χ0) is 17.0. The molecule has 0 saturated heterocycles. The minimum absolute atomic E-state index is 0.0780. The second-order valence-electron chi connectivity index (χ2n) is 7.47. The first kappa shape index (κ1) is 14.9. The molecule has 1 aliphatic carbocycles. The van der Waals surface area contributed by atoms with Gasteiger partial charge in [-0.1, -0.05) is 11.6 Å². The van der Waals surface area contributed by atoms with E-state index in [1.165, 1.54) is 22.0 Å². The van der Waals surface area contributed by atoms with Crippen molar-refractivity contribution in [2.24, 2.45) is 0 Å². The van der Waals surface area contributed by atoms with Gasteiger partial charge >= 0.3 is 0 Å². The highest BCUT2D eigenvalue weighted by molar-refractivity contribution is 5.83. The van der Waals surface area contributed by atoms with Crippen LogP contribution in [0.15, 0.2) is 29.2 Å². The van der Waals surface area contributed by atoms with Crippen LogP contribution in [0.5, 0.6) is 0 Å². The van der Waals surface area contributed by atoms with Gasteiger partial charge in [-0.25, -0.2) is 4.98 Å². The van der Waals surface area contributed by atoms with Crippen LogP contribution in [0.3, 0.4) is 0 Å². The van der Waals surface area contributed by atoms with Crippen molar-refractivity contribution >= 4 is 10.9 Å². The van der Waals surface area contributed by atoms with Crippen molar-refractivity contribution in [3.8, 4) is 0 Å². The summed E-state index contributed by atoms with van der Waals surface area (Å²) in [4.78, 5) is 25.9. The lowest BCUT2D eigenvalue weighted by Gasteiger charge is -2.27. The number of aromatic nitrogens is 3. The average molecular weight is 334 g/mol. The number of fused-ring (bicyclic) bond motifs is 2. The van der Waals surface area contributed by atoms with Crippen molar-refractivity contribution in [1.82, 2.24) is 19.9 Å². The molecular weight excluding hydrogens is 312 g/mol. The van der Waals surface area contributed by atoms with E-state index in [1.54, 1.807) is 0 Å². The van der Waals surface area contributed by atoms with Gasteiger partial charge in [0.2, 0.25) is 0 Å². The number of aryl methyl sites for hydroxylation is 1. The summed E-state index contributed by atoms with van der Waals surface area (Å²) in [5, 5.41) is 1.29. The lowest BCUT2D eigenvalue weighted by Crippen LogP contribution is -2.35. The molecule has 0 amide bonds. The van der Waals surface area contributed by atoms with Crippen LogP contribution < -0.4 is 5.56 Å². The number of rotatable bonds is 3. The number of H-pyrrole nitrogens is 2. The Morgan fingerprint density at radius 1 is 1.32 bits per heavy atom. The Hall–Kier alpha value is -2.40. The monoisotopic (exact) mass is 334 g/mol. The normalized spacial score (nSPS) is 17.8. The average Bonchev–Trinajstić information content (AvgIpc) is 3.38. The Kier molecular flexibility index (Phi) is 3.31. The van der Waals surface area contributed by atoms with Crippen molar-refractivity contribution in [3.05, 3.63) is 63.0 Å². The molecule has 25 heavy (non-hydrogen) atoms. The van der Waals surface area contributed by atoms with Gasteiger partial charge in [0.05, 0.1) is 5.69 Å². The zero-order valence-corrected chi connectivity index (χ0v) is 14.4. The third-order valence-corrected chi connectivity index (χ3v) is 5.45. The van der Waals surface area contributed by atoms with Gasteiger partial charge in [0.1, 0.15) is 5.82 Å². The molecule has 5 heteroatoms. The number of aromatic amines is 2. The summed E-state index contributed by atoms with van der Waals surface area (Å²) >= 11 is 0. The Balaban J connectivity index is 1.43. The maximum Gasteiger partial charge on any atom is 0.254 e. The van der Waals surface area contributed by atoms with Crippen molar-refractivity contribution in [1.29, 1.82) is 0 Å². The predicted molar refractivity (Wildman–Crippen MR) is 97.7 cm³/mol. The Labute approximate surface area is 146 Å². The number of hydrogen-bond donors (Lipinski definition) is 2. The van der Waals surface area contributed by atoms with Crippen LogP contribution in [0, 0.1) is 6.92 Å². The molecule has 1 fully saturated rings. The predicted octanol–water partition coefficient (Wildman–Crippen LogP) is 3.00. The lowest BCUT2D eigenvalue weighted by atomic mass is 10.0. The molecule has 128 valence electrons. The highest BCUT2D eigenvalue weighted by Crippen LogP contribution is 2.38. The Bertz CT molecular complexity index is 1010. The second-order valence-corrected chi connectivity index (χ2v) is 7.47. The van der Waals surface area contributed by atoms with E-state index in [0.29, 0.717) is 5.92 Å². The van der Waals surface area contributed by atoms with Crippen LogP contribution in [0.1, 0.15) is 47.0 Å². The van der Waals surface area contributed by atoms with Crippen molar-refractivity contribution in [3.63, 3.8) is 0 Å². The van der Waals surface area contributed by atoms with Gasteiger partial charge in [-0.15, -0.1) is 0 Å². The first-order valence-electron chi connectivity index (χ1n) is 9.08. The van der Waals surface area contributed by atoms with Gasteiger partial charge in [-0.05, 0) is 43.9 Å². The minimum atomic E-state index is 0.0780. The van der Waals surface area contributed by atoms with E-state index >= 15 is 0 Å². The molecule has 1 saturated carbocycles. The van der Waals surface area contributed by atoms with E-state index < -0.39 is 0 Å². The van der Waals surface area contributed by atoms with E-state index in [0.717, 1.165) is 56.0 Å². The smallest absolute Gasteiger partial charge is 0.254 e. The van der Waals surface area contributed by atoms with Crippen molar-refractivity contribution in [2.45, 2.75) is 45.2 Å². The largest absolute Gasteiger partial charge is 0.361 e. The third kappa shape index (κ3) is 2.68. The molecule has 1 aromatic carbocycles. The van der Waals surface area contributed by atoms with Gasteiger partial charge in [0.15, 0.2) is 0 Å². The summed E-state index contributed by atoms with van der Waals surface area (Å²) in [7, 11) is 0. The number of nitrogens with one attached hydrogen (secondary N) is 2. The fourth-order valence-electron chi connectivity index (χ4n) is 3.86. The maximum atomic E-state index is 12.3. The van der Waals surface area contributed by atoms with Crippen LogP contribution >= 0.6 is 0 Å². The van der Waals surface area contributed by atoms with Crippen LogP contribution in [0.4, 0.5) is 0 Å². The van der Waals surface area contributed by atoms with Crippen LogP contribution in [-0.2, 0) is 19.5 Å². The minimum Gasteiger partial charge on any atom is -0.361 e. The fraction of sp³-hybridized carbons (Fsp3) is 0.400. The first-order valence-corrected chi connectivity index (χ1v) is 9.08.